The lowest BCUT2D eigenvalue weighted by atomic mass is 10.2. The highest BCUT2D eigenvalue weighted by atomic mass is 16.5. The van der Waals surface area contributed by atoms with Crippen molar-refractivity contribution in [2.45, 2.75) is 31.4 Å². The summed E-state index contributed by atoms with van der Waals surface area (Å²) in [5, 5.41) is 9.87. The number of aromatic amines is 1. The van der Waals surface area contributed by atoms with E-state index in [-0.39, 0.29) is 24.5 Å². The van der Waals surface area contributed by atoms with E-state index in [1.165, 1.54) is 0 Å². The second kappa shape index (κ2) is 7.29. The fraction of sp³-hybridized carbons (Fsp3) is 0.421. The van der Waals surface area contributed by atoms with Crippen LogP contribution in [0.4, 0.5) is 0 Å². The topological polar surface area (TPSA) is 87.3 Å². The Balaban J connectivity index is 1.30. The quantitative estimate of drug-likeness (QED) is 0.822. The molecule has 2 heterocycles. The van der Waals surface area contributed by atoms with Crippen LogP contribution in [0.25, 0.3) is 0 Å². The molecule has 2 N–H and O–H groups in total. The normalized spacial score (nSPS) is 20.2. The average Bonchev–Trinajstić information content (AvgIpc) is 3.39. The lowest BCUT2D eigenvalue weighted by molar-refractivity contribution is -0.149. The number of hydrogen-bond donors (Lipinski definition) is 2. The Bertz CT molecular complexity index is 785. The van der Waals surface area contributed by atoms with Gasteiger partial charge in [-0.3, -0.25) is 14.7 Å². The fourth-order valence-corrected chi connectivity index (χ4v) is 3.11. The maximum atomic E-state index is 12.3. The number of carbonyl (C=O) groups excluding carboxylic acids is 2. The predicted molar refractivity (Wildman–Crippen MR) is 94.5 cm³/mol. The summed E-state index contributed by atoms with van der Waals surface area (Å²) in [6.45, 7) is 1.41. The van der Waals surface area contributed by atoms with E-state index in [1.807, 2.05) is 36.4 Å². The SMILES string of the molecule is O=C(NCC1CN(Cc2ccccc2)C(=O)CO1)c1cc(C2CC2)[nH]n1. The molecule has 2 aliphatic rings. The molecule has 1 saturated carbocycles. The Morgan fingerprint density at radius 3 is 2.88 bits per heavy atom. The van der Waals surface area contributed by atoms with Gasteiger partial charge in [-0.2, -0.15) is 5.10 Å². The number of nitrogens with one attached hydrogen (secondary N) is 2. The molecule has 2 fully saturated rings. The van der Waals surface area contributed by atoms with Gasteiger partial charge >= 0.3 is 0 Å². The summed E-state index contributed by atoms with van der Waals surface area (Å²) in [6, 6.07) is 11.7. The van der Waals surface area contributed by atoms with Gasteiger partial charge in [-0.1, -0.05) is 30.3 Å². The molecule has 26 heavy (non-hydrogen) atoms. The summed E-state index contributed by atoms with van der Waals surface area (Å²) in [5.74, 6) is 0.282. The molecule has 1 aromatic carbocycles. The first-order chi connectivity index (χ1) is 12.7. The minimum Gasteiger partial charge on any atom is -0.365 e. The Hall–Kier alpha value is -2.67. The van der Waals surface area contributed by atoms with Gasteiger partial charge < -0.3 is 15.0 Å². The zero-order valence-electron chi connectivity index (χ0n) is 14.5. The van der Waals surface area contributed by atoms with Crippen LogP contribution in [0, 0.1) is 0 Å². The summed E-state index contributed by atoms with van der Waals surface area (Å²) in [5.41, 5.74) is 2.51. The summed E-state index contributed by atoms with van der Waals surface area (Å²) in [7, 11) is 0. The van der Waals surface area contributed by atoms with Gasteiger partial charge in [0.1, 0.15) is 12.3 Å². The standard InChI is InChI=1S/C19H22N4O3/c24-18-12-26-15(11-23(18)10-13-4-2-1-3-5-13)9-20-19(25)17-8-16(21-22-17)14-6-7-14/h1-5,8,14-15H,6-7,9-12H2,(H,20,25)(H,21,22). The molecule has 1 unspecified atom stereocenters. The summed E-state index contributed by atoms with van der Waals surface area (Å²) >= 11 is 0. The zero-order chi connectivity index (χ0) is 17.9. The minimum atomic E-state index is -0.220. The number of ether oxygens (including phenoxy) is 1. The van der Waals surface area contributed by atoms with Gasteiger partial charge in [-0.25, -0.2) is 0 Å². The molecule has 2 aromatic rings. The molecular weight excluding hydrogens is 332 g/mol. The van der Waals surface area contributed by atoms with Crippen LogP contribution in [0.3, 0.4) is 0 Å². The summed E-state index contributed by atoms with van der Waals surface area (Å²) in [4.78, 5) is 26.1. The van der Waals surface area contributed by atoms with Crippen LogP contribution in [0.5, 0.6) is 0 Å². The van der Waals surface area contributed by atoms with Crippen LogP contribution in [-0.4, -0.2) is 52.7 Å². The highest BCUT2D eigenvalue weighted by molar-refractivity contribution is 5.92. The van der Waals surface area contributed by atoms with Crippen molar-refractivity contribution >= 4 is 11.8 Å². The van der Waals surface area contributed by atoms with Crippen molar-refractivity contribution in [2.24, 2.45) is 0 Å². The van der Waals surface area contributed by atoms with Crippen LogP contribution in [0.2, 0.25) is 0 Å². The number of aromatic nitrogens is 2. The van der Waals surface area contributed by atoms with Crippen molar-refractivity contribution in [1.82, 2.24) is 20.4 Å². The molecule has 0 radical (unpaired) electrons. The van der Waals surface area contributed by atoms with Crippen molar-refractivity contribution in [1.29, 1.82) is 0 Å². The third kappa shape index (κ3) is 3.94. The molecule has 1 saturated heterocycles. The third-order valence-electron chi connectivity index (χ3n) is 4.77. The second-order valence-electron chi connectivity index (χ2n) is 6.89. The van der Waals surface area contributed by atoms with Gasteiger partial charge in [-0.05, 0) is 24.5 Å². The number of benzene rings is 1. The molecule has 1 aliphatic heterocycles. The lowest BCUT2D eigenvalue weighted by Crippen LogP contribution is -2.50. The molecule has 0 spiro atoms. The van der Waals surface area contributed by atoms with E-state index in [4.69, 9.17) is 4.74 Å². The molecule has 0 bridgehead atoms. The van der Waals surface area contributed by atoms with E-state index < -0.39 is 0 Å². The van der Waals surface area contributed by atoms with Gasteiger partial charge in [0.25, 0.3) is 5.91 Å². The number of hydrogen-bond acceptors (Lipinski definition) is 4. The third-order valence-corrected chi connectivity index (χ3v) is 4.77. The maximum Gasteiger partial charge on any atom is 0.271 e. The van der Waals surface area contributed by atoms with E-state index in [1.54, 1.807) is 4.90 Å². The number of rotatable bonds is 6. The number of carbonyl (C=O) groups is 2. The van der Waals surface area contributed by atoms with Crippen molar-refractivity contribution in [2.75, 3.05) is 19.7 Å². The molecule has 1 aromatic heterocycles. The highest BCUT2D eigenvalue weighted by Crippen LogP contribution is 2.38. The first-order valence-electron chi connectivity index (χ1n) is 8.96. The molecule has 1 atom stereocenters. The smallest absolute Gasteiger partial charge is 0.271 e. The Kier molecular flexibility index (Phi) is 4.71. The van der Waals surface area contributed by atoms with Crippen LogP contribution >= 0.6 is 0 Å². The van der Waals surface area contributed by atoms with Crippen molar-refractivity contribution < 1.29 is 14.3 Å². The van der Waals surface area contributed by atoms with E-state index in [9.17, 15) is 9.59 Å². The minimum absolute atomic E-state index is 0.0298. The van der Waals surface area contributed by atoms with E-state index in [2.05, 4.69) is 15.5 Å². The van der Waals surface area contributed by atoms with E-state index in [0.717, 1.165) is 24.1 Å². The molecule has 4 rings (SSSR count). The zero-order valence-corrected chi connectivity index (χ0v) is 14.5. The molecule has 136 valence electrons. The van der Waals surface area contributed by atoms with Gasteiger partial charge in [0, 0.05) is 31.2 Å². The average molecular weight is 354 g/mol. The number of morpholine rings is 1. The van der Waals surface area contributed by atoms with Gasteiger partial charge in [-0.15, -0.1) is 0 Å². The Morgan fingerprint density at radius 1 is 1.31 bits per heavy atom. The van der Waals surface area contributed by atoms with Crippen LogP contribution in [0.15, 0.2) is 36.4 Å². The lowest BCUT2D eigenvalue weighted by Gasteiger charge is -2.32. The van der Waals surface area contributed by atoms with Gasteiger partial charge in [0.05, 0.1) is 6.10 Å². The van der Waals surface area contributed by atoms with E-state index >= 15 is 0 Å². The van der Waals surface area contributed by atoms with Crippen molar-refractivity contribution in [3.05, 3.63) is 53.3 Å². The Morgan fingerprint density at radius 2 is 2.12 bits per heavy atom. The molecular formula is C19H22N4O3. The van der Waals surface area contributed by atoms with E-state index in [0.29, 0.717) is 31.2 Å². The van der Waals surface area contributed by atoms with Crippen LogP contribution in [0.1, 0.15) is 40.5 Å². The van der Waals surface area contributed by atoms with Gasteiger partial charge in [0.15, 0.2) is 0 Å². The first kappa shape index (κ1) is 16.8. The highest BCUT2D eigenvalue weighted by Gasteiger charge is 2.28. The molecule has 2 amide bonds. The molecule has 7 nitrogen and oxygen atoms in total. The van der Waals surface area contributed by atoms with Gasteiger partial charge in [0.2, 0.25) is 5.91 Å². The molecule has 1 aliphatic carbocycles. The van der Waals surface area contributed by atoms with Crippen molar-refractivity contribution in [3.8, 4) is 0 Å². The number of amides is 2. The Labute approximate surface area is 151 Å². The first-order valence-corrected chi connectivity index (χ1v) is 8.96. The van der Waals surface area contributed by atoms with Crippen LogP contribution in [-0.2, 0) is 16.1 Å². The number of H-pyrrole nitrogens is 1. The second-order valence-corrected chi connectivity index (χ2v) is 6.89. The predicted octanol–water partition coefficient (Wildman–Crippen LogP) is 1.44. The summed E-state index contributed by atoms with van der Waals surface area (Å²) < 4.78 is 5.56. The molecule has 7 heteroatoms. The number of nitrogens with zero attached hydrogens (tertiary/aromatic N) is 2. The monoisotopic (exact) mass is 354 g/mol. The summed E-state index contributed by atoms with van der Waals surface area (Å²) in [6.07, 6.45) is 2.09. The largest absolute Gasteiger partial charge is 0.365 e. The fourth-order valence-electron chi connectivity index (χ4n) is 3.11. The van der Waals surface area contributed by atoms with Crippen molar-refractivity contribution in [3.63, 3.8) is 0 Å². The maximum absolute atomic E-state index is 12.3. The van der Waals surface area contributed by atoms with Crippen LogP contribution < -0.4 is 5.32 Å².